The molecule has 0 saturated carbocycles. The monoisotopic (exact) mass is 314 g/mol. The molecule has 1 aromatic rings. The van der Waals surface area contributed by atoms with Crippen LogP contribution < -0.4 is 16.2 Å². The van der Waals surface area contributed by atoms with Crippen molar-refractivity contribution < 1.29 is 4.74 Å². The Bertz CT molecular complexity index is 367. The molecule has 0 aromatic heterocycles. The molecule has 0 aliphatic heterocycles. The lowest BCUT2D eigenvalue weighted by molar-refractivity contribution is 0.337. The van der Waals surface area contributed by atoms with E-state index in [1.54, 1.807) is 0 Å². The van der Waals surface area contributed by atoms with E-state index >= 15 is 0 Å². The molecule has 3 nitrogen and oxygen atoms in total. The van der Waals surface area contributed by atoms with Gasteiger partial charge < -0.3 is 16.2 Å². The molecule has 1 unspecified atom stereocenters. The van der Waals surface area contributed by atoms with Gasteiger partial charge >= 0.3 is 0 Å². The first-order valence-electron chi connectivity index (χ1n) is 6.43. The van der Waals surface area contributed by atoms with Gasteiger partial charge in [-0.1, -0.05) is 13.0 Å². The van der Waals surface area contributed by atoms with Crippen LogP contribution in [-0.4, -0.2) is 19.7 Å². The molecular weight excluding hydrogens is 292 g/mol. The Hall–Kier alpha value is -0.580. The summed E-state index contributed by atoms with van der Waals surface area (Å²) < 4.78 is 6.51. The lowest BCUT2D eigenvalue weighted by Crippen LogP contribution is -2.30. The Balaban J connectivity index is 2.70. The van der Waals surface area contributed by atoms with Gasteiger partial charge in [0.05, 0.1) is 11.1 Å². The maximum Gasteiger partial charge on any atom is 0.133 e. The minimum atomic E-state index is 0.385. The van der Waals surface area contributed by atoms with Crippen molar-refractivity contribution >= 4 is 15.9 Å². The first kappa shape index (κ1) is 15.5. The second-order valence-corrected chi connectivity index (χ2v) is 5.47. The van der Waals surface area contributed by atoms with E-state index in [2.05, 4.69) is 35.0 Å². The minimum absolute atomic E-state index is 0.385. The van der Waals surface area contributed by atoms with Crippen molar-refractivity contribution in [2.24, 2.45) is 23.3 Å². The van der Waals surface area contributed by atoms with Crippen molar-refractivity contribution in [3.63, 3.8) is 0 Å². The summed E-state index contributed by atoms with van der Waals surface area (Å²) in [6.07, 6.45) is 0.990. The van der Waals surface area contributed by atoms with E-state index in [9.17, 15) is 0 Å². The van der Waals surface area contributed by atoms with E-state index in [4.69, 9.17) is 16.2 Å². The number of hydrogen-bond donors (Lipinski definition) is 2. The standard InChI is InChI=1S/C14H23BrN2O/c1-3-18-14-5-4-11(7-13(14)15)6-10(2)12(8-16)9-17/h4-5,7,10,12H,3,6,8-9,16-17H2,1-2H3. The summed E-state index contributed by atoms with van der Waals surface area (Å²) in [6, 6.07) is 6.23. The second kappa shape index (κ2) is 7.77. The van der Waals surface area contributed by atoms with Gasteiger partial charge in [0.2, 0.25) is 0 Å². The van der Waals surface area contributed by atoms with Gasteiger partial charge in [0, 0.05) is 0 Å². The zero-order chi connectivity index (χ0) is 13.5. The zero-order valence-corrected chi connectivity index (χ0v) is 12.7. The van der Waals surface area contributed by atoms with Gasteiger partial charge in [0.1, 0.15) is 5.75 Å². The number of nitrogens with two attached hydrogens (primary N) is 2. The van der Waals surface area contributed by atoms with E-state index in [-0.39, 0.29) is 0 Å². The lowest BCUT2D eigenvalue weighted by Gasteiger charge is -2.21. The predicted octanol–water partition coefficient (Wildman–Crippen LogP) is 2.56. The fourth-order valence-electron chi connectivity index (χ4n) is 2.04. The van der Waals surface area contributed by atoms with E-state index in [1.807, 2.05) is 13.0 Å². The molecule has 0 bridgehead atoms. The molecule has 18 heavy (non-hydrogen) atoms. The Morgan fingerprint density at radius 3 is 2.44 bits per heavy atom. The van der Waals surface area contributed by atoms with E-state index in [0.717, 1.165) is 16.6 Å². The molecule has 4 N–H and O–H groups in total. The highest BCUT2D eigenvalue weighted by molar-refractivity contribution is 9.10. The lowest BCUT2D eigenvalue weighted by atomic mass is 9.88. The molecular formula is C14H23BrN2O. The first-order valence-corrected chi connectivity index (χ1v) is 7.23. The summed E-state index contributed by atoms with van der Waals surface area (Å²) in [4.78, 5) is 0. The largest absolute Gasteiger partial charge is 0.493 e. The van der Waals surface area contributed by atoms with Crippen LogP contribution in [0.3, 0.4) is 0 Å². The third-order valence-corrected chi connectivity index (χ3v) is 3.88. The quantitative estimate of drug-likeness (QED) is 0.813. The summed E-state index contributed by atoms with van der Waals surface area (Å²) in [7, 11) is 0. The van der Waals surface area contributed by atoms with Crippen LogP contribution in [-0.2, 0) is 6.42 Å². The van der Waals surface area contributed by atoms with Crippen LogP contribution in [0.25, 0.3) is 0 Å². The number of rotatable bonds is 7. The van der Waals surface area contributed by atoms with Crippen molar-refractivity contribution in [2.75, 3.05) is 19.7 Å². The summed E-state index contributed by atoms with van der Waals surface area (Å²) in [6.45, 7) is 6.16. The van der Waals surface area contributed by atoms with Crippen molar-refractivity contribution in [3.05, 3.63) is 28.2 Å². The molecule has 0 fully saturated rings. The van der Waals surface area contributed by atoms with Crippen LogP contribution in [0.2, 0.25) is 0 Å². The van der Waals surface area contributed by atoms with Crippen molar-refractivity contribution in [1.29, 1.82) is 0 Å². The first-order chi connectivity index (χ1) is 8.62. The smallest absolute Gasteiger partial charge is 0.133 e. The van der Waals surface area contributed by atoms with Gasteiger partial charge in [-0.25, -0.2) is 0 Å². The van der Waals surface area contributed by atoms with E-state index in [1.165, 1.54) is 5.56 Å². The van der Waals surface area contributed by atoms with Gasteiger partial charge in [0.25, 0.3) is 0 Å². The third kappa shape index (κ3) is 4.26. The highest BCUT2D eigenvalue weighted by Gasteiger charge is 2.15. The van der Waals surface area contributed by atoms with Crippen LogP contribution in [0.4, 0.5) is 0 Å². The number of hydrogen-bond acceptors (Lipinski definition) is 3. The molecule has 1 atom stereocenters. The predicted molar refractivity (Wildman–Crippen MR) is 79.8 cm³/mol. The van der Waals surface area contributed by atoms with Gasteiger partial charge in [-0.3, -0.25) is 0 Å². The Morgan fingerprint density at radius 1 is 1.28 bits per heavy atom. The molecule has 0 radical (unpaired) electrons. The average molecular weight is 315 g/mol. The highest BCUT2D eigenvalue weighted by atomic mass is 79.9. The Labute approximate surface area is 118 Å². The Morgan fingerprint density at radius 2 is 1.94 bits per heavy atom. The van der Waals surface area contributed by atoms with Gasteiger partial charge in [0.15, 0.2) is 0 Å². The molecule has 102 valence electrons. The number of benzene rings is 1. The molecule has 4 heteroatoms. The number of halogens is 1. The van der Waals surface area contributed by atoms with Gasteiger partial charge in [-0.05, 0) is 71.9 Å². The Kier molecular flexibility index (Phi) is 6.68. The maximum atomic E-state index is 5.72. The van der Waals surface area contributed by atoms with Crippen LogP contribution in [0.1, 0.15) is 19.4 Å². The van der Waals surface area contributed by atoms with Crippen LogP contribution in [0, 0.1) is 11.8 Å². The van der Waals surface area contributed by atoms with Crippen molar-refractivity contribution in [1.82, 2.24) is 0 Å². The SMILES string of the molecule is CCOc1ccc(CC(C)C(CN)CN)cc1Br. The summed E-state index contributed by atoms with van der Waals surface area (Å²) in [5.41, 5.74) is 12.7. The topological polar surface area (TPSA) is 61.3 Å². The molecule has 0 saturated heterocycles. The van der Waals surface area contributed by atoms with Crippen LogP contribution >= 0.6 is 15.9 Å². The molecule has 1 aromatic carbocycles. The van der Waals surface area contributed by atoms with Gasteiger partial charge in [-0.15, -0.1) is 0 Å². The minimum Gasteiger partial charge on any atom is -0.493 e. The maximum absolute atomic E-state index is 5.72. The fraction of sp³-hybridized carbons (Fsp3) is 0.571. The highest BCUT2D eigenvalue weighted by Crippen LogP contribution is 2.27. The van der Waals surface area contributed by atoms with Crippen LogP contribution in [0.15, 0.2) is 22.7 Å². The zero-order valence-electron chi connectivity index (χ0n) is 11.2. The molecule has 0 aliphatic rings. The normalized spacial score (nSPS) is 12.8. The molecule has 0 aliphatic carbocycles. The van der Waals surface area contributed by atoms with Crippen LogP contribution in [0.5, 0.6) is 5.75 Å². The summed E-state index contributed by atoms with van der Waals surface area (Å²) >= 11 is 3.53. The van der Waals surface area contributed by atoms with Crippen molar-refractivity contribution in [2.45, 2.75) is 20.3 Å². The molecule has 0 heterocycles. The molecule has 0 spiro atoms. The third-order valence-electron chi connectivity index (χ3n) is 3.26. The average Bonchev–Trinajstić information content (AvgIpc) is 2.34. The van der Waals surface area contributed by atoms with E-state index < -0.39 is 0 Å². The summed E-state index contributed by atoms with van der Waals surface area (Å²) in [5.74, 6) is 1.77. The summed E-state index contributed by atoms with van der Waals surface area (Å²) in [5, 5.41) is 0. The number of ether oxygens (including phenoxy) is 1. The molecule has 1 rings (SSSR count). The van der Waals surface area contributed by atoms with E-state index in [0.29, 0.717) is 31.5 Å². The molecule has 0 amide bonds. The fourth-order valence-corrected chi connectivity index (χ4v) is 2.58. The van der Waals surface area contributed by atoms with Gasteiger partial charge in [-0.2, -0.15) is 0 Å². The second-order valence-electron chi connectivity index (χ2n) is 4.61. The van der Waals surface area contributed by atoms with Crippen molar-refractivity contribution in [3.8, 4) is 5.75 Å².